The summed E-state index contributed by atoms with van der Waals surface area (Å²) in [4.78, 5) is 0. The molecule has 87 valence electrons. The second-order valence-corrected chi connectivity index (χ2v) is 4.01. The maximum atomic E-state index is 12.7. The quantitative estimate of drug-likeness (QED) is 0.764. The van der Waals surface area contributed by atoms with E-state index in [-0.39, 0.29) is 11.9 Å². The fourth-order valence-electron chi connectivity index (χ4n) is 1.46. The summed E-state index contributed by atoms with van der Waals surface area (Å²) in [5.41, 5.74) is -0.610. The minimum Gasteiger partial charge on any atom is -0.485 e. The lowest BCUT2D eigenvalue weighted by atomic mass is 10.0. The first-order valence-corrected chi connectivity index (χ1v) is 5.02. The Morgan fingerprint density at radius 2 is 1.88 bits per heavy atom. The van der Waals surface area contributed by atoms with Gasteiger partial charge in [0.15, 0.2) is 0 Å². The van der Waals surface area contributed by atoms with E-state index in [4.69, 9.17) is 16.1 Å². The van der Waals surface area contributed by atoms with Gasteiger partial charge in [0.1, 0.15) is 23.3 Å². The van der Waals surface area contributed by atoms with Crippen molar-refractivity contribution in [2.45, 2.75) is 25.6 Å². The Morgan fingerprint density at radius 1 is 1.31 bits per heavy atom. The van der Waals surface area contributed by atoms with Gasteiger partial charge in [-0.3, -0.25) is 0 Å². The molecule has 1 rings (SSSR count). The summed E-state index contributed by atoms with van der Waals surface area (Å²) in [6.07, 6.45) is 1.10. The van der Waals surface area contributed by atoms with Gasteiger partial charge in [-0.1, -0.05) is 12.7 Å². The lowest BCUT2D eigenvalue weighted by Gasteiger charge is -2.31. The standard InChI is InChI=1S/C13H16FO2/c1-5-12(15-4)13(2,3)16-11-8-6-10(14)7-9-11/h1,5-9,12H,2-4H3. The van der Waals surface area contributed by atoms with Crippen molar-refractivity contribution in [3.63, 3.8) is 0 Å². The van der Waals surface area contributed by atoms with Gasteiger partial charge in [-0.05, 0) is 38.1 Å². The van der Waals surface area contributed by atoms with Gasteiger partial charge in [-0.25, -0.2) is 4.39 Å². The molecule has 0 spiro atoms. The van der Waals surface area contributed by atoms with Crippen molar-refractivity contribution in [1.82, 2.24) is 0 Å². The smallest absolute Gasteiger partial charge is 0.133 e. The summed E-state index contributed by atoms with van der Waals surface area (Å²) >= 11 is 0. The highest BCUT2D eigenvalue weighted by molar-refractivity contribution is 5.23. The summed E-state index contributed by atoms with van der Waals surface area (Å²) in [6.45, 7) is 9.17. The van der Waals surface area contributed by atoms with Crippen LogP contribution in [0.25, 0.3) is 0 Å². The molecule has 0 aliphatic heterocycles. The van der Waals surface area contributed by atoms with Crippen molar-refractivity contribution in [1.29, 1.82) is 0 Å². The zero-order valence-corrected chi connectivity index (χ0v) is 9.74. The number of halogens is 1. The predicted octanol–water partition coefficient (Wildman–Crippen LogP) is 2.99. The van der Waals surface area contributed by atoms with Gasteiger partial charge >= 0.3 is 0 Å². The van der Waals surface area contributed by atoms with E-state index in [1.54, 1.807) is 19.2 Å². The average Bonchev–Trinajstić information content (AvgIpc) is 2.22. The molecule has 0 aromatic heterocycles. The maximum absolute atomic E-state index is 12.7. The topological polar surface area (TPSA) is 18.5 Å². The highest BCUT2D eigenvalue weighted by atomic mass is 19.1. The molecule has 0 amide bonds. The van der Waals surface area contributed by atoms with Gasteiger partial charge in [-0.15, -0.1) is 0 Å². The Morgan fingerprint density at radius 3 is 2.31 bits per heavy atom. The van der Waals surface area contributed by atoms with Crippen LogP contribution in [-0.4, -0.2) is 18.8 Å². The molecule has 1 atom stereocenters. The molecule has 1 aromatic rings. The second kappa shape index (κ2) is 5.12. The number of rotatable bonds is 5. The molecule has 0 fully saturated rings. The van der Waals surface area contributed by atoms with Crippen LogP contribution < -0.4 is 4.74 Å². The first kappa shape index (κ1) is 12.7. The molecular formula is C13H16FO2. The Kier molecular flexibility index (Phi) is 4.07. The SMILES string of the molecule is [CH]=CC(OC)C(C)(C)Oc1ccc(F)cc1. The van der Waals surface area contributed by atoms with E-state index in [1.807, 2.05) is 13.8 Å². The first-order valence-electron chi connectivity index (χ1n) is 5.02. The molecule has 2 nitrogen and oxygen atoms in total. The van der Waals surface area contributed by atoms with E-state index in [9.17, 15) is 4.39 Å². The highest BCUT2D eigenvalue weighted by Crippen LogP contribution is 2.23. The van der Waals surface area contributed by atoms with Gasteiger partial charge in [0.05, 0.1) is 0 Å². The summed E-state index contributed by atoms with van der Waals surface area (Å²) in [7, 11) is 1.56. The van der Waals surface area contributed by atoms with Crippen LogP contribution in [0, 0.1) is 12.4 Å². The number of hydrogen-bond acceptors (Lipinski definition) is 2. The summed E-state index contributed by atoms with van der Waals surface area (Å²) < 4.78 is 23.6. The Bertz CT molecular complexity index is 343. The molecule has 0 saturated carbocycles. The van der Waals surface area contributed by atoms with E-state index in [1.165, 1.54) is 18.2 Å². The zero-order chi connectivity index (χ0) is 12.2. The molecule has 1 radical (unpaired) electrons. The Balaban J connectivity index is 2.78. The number of methoxy groups -OCH3 is 1. The molecule has 1 aromatic carbocycles. The minimum atomic E-state index is -0.610. The van der Waals surface area contributed by atoms with Crippen LogP contribution in [0.4, 0.5) is 4.39 Å². The van der Waals surface area contributed by atoms with Crippen LogP contribution >= 0.6 is 0 Å². The molecule has 0 aliphatic carbocycles. The summed E-state index contributed by atoms with van der Waals surface area (Å²) in [6, 6.07) is 5.83. The summed E-state index contributed by atoms with van der Waals surface area (Å²) in [5, 5.41) is 0. The molecule has 0 saturated heterocycles. The van der Waals surface area contributed by atoms with E-state index < -0.39 is 5.60 Å². The lowest BCUT2D eigenvalue weighted by Crippen LogP contribution is -2.41. The van der Waals surface area contributed by atoms with Crippen LogP contribution in [0.5, 0.6) is 5.75 Å². The van der Waals surface area contributed by atoms with Crippen LogP contribution in [0.1, 0.15) is 13.8 Å². The van der Waals surface area contributed by atoms with E-state index in [2.05, 4.69) is 0 Å². The van der Waals surface area contributed by atoms with E-state index >= 15 is 0 Å². The third-order valence-corrected chi connectivity index (χ3v) is 2.31. The minimum absolute atomic E-state index is 0.293. The van der Waals surface area contributed by atoms with Gasteiger partial charge in [0.2, 0.25) is 0 Å². The fourth-order valence-corrected chi connectivity index (χ4v) is 1.46. The predicted molar refractivity (Wildman–Crippen MR) is 60.8 cm³/mol. The van der Waals surface area contributed by atoms with Crippen molar-refractivity contribution in [2.24, 2.45) is 0 Å². The molecule has 0 N–H and O–H groups in total. The first-order chi connectivity index (χ1) is 7.49. The van der Waals surface area contributed by atoms with Crippen molar-refractivity contribution < 1.29 is 13.9 Å². The Hall–Kier alpha value is -1.35. The maximum Gasteiger partial charge on any atom is 0.133 e. The Labute approximate surface area is 95.7 Å². The largest absolute Gasteiger partial charge is 0.485 e. The molecule has 3 heteroatoms. The zero-order valence-electron chi connectivity index (χ0n) is 9.74. The summed E-state index contributed by atoms with van der Waals surface area (Å²) in [5.74, 6) is 0.286. The number of hydrogen-bond donors (Lipinski definition) is 0. The van der Waals surface area contributed by atoms with Gasteiger partial charge in [0, 0.05) is 7.11 Å². The normalized spacial score (nSPS) is 13.2. The van der Waals surface area contributed by atoms with E-state index in [0.29, 0.717) is 5.75 Å². The van der Waals surface area contributed by atoms with Crippen molar-refractivity contribution in [2.75, 3.05) is 7.11 Å². The third kappa shape index (κ3) is 3.07. The lowest BCUT2D eigenvalue weighted by molar-refractivity contribution is -0.0264. The molecule has 0 bridgehead atoms. The van der Waals surface area contributed by atoms with Crippen LogP contribution in [-0.2, 0) is 4.74 Å². The number of benzene rings is 1. The van der Waals surface area contributed by atoms with Crippen molar-refractivity contribution in [3.05, 3.63) is 42.7 Å². The fraction of sp³-hybridized carbons (Fsp3) is 0.385. The van der Waals surface area contributed by atoms with Crippen LogP contribution in [0.2, 0.25) is 0 Å². The van der Waals surface area contributed by atoms with Crippen molar-refractivity contribution >= 4 is 0 Å². The molecule has 1 unspecified atom stereocenters. The van der Waals surface area contributed by atoms with Gasteiger partial charge in [0.25, 0.3) is 0 Å². The van der Waals surface area contributed by atoms with Gasteiger partial charge in [-0.2, -0.15) is 0 Å². The van der Waals surface area contributed by atoms with Gasteiger partial charge < -0.3 is 9.47 Å². The van der Waals surface area contributed by atoms with E-state index in [0.717, 1.165) is 0 Å². The monoisotopic (exact) mass is 223 g/mol. The number of ether oxygens (including phenoxy) is 2. The third-order valence-electron chi connectivity index (χ3n) is 2.31. The molecule has 0 heterocycles. The molecule has 0 aliphatic rings. The van der Waals surface area contributed by atoms with Crippen LogP contribution in [0.15, 0.2) is 30.3 Å². The van der Waals surface area contributed by atoms with Crippen molar-refractivity contribution in [3.8, 4) is 5.75 Å². The van der Waals surface area contributed by atoms with Crippen LogP contribution in [0.3, 0.4) is 0 Å². The average molecular weight is 223 g/mol. The molecular weight excluding hydrogens is 207 g/mol. The highest BCUT2D eigenvalue weighted by Gasteiger charge is 2.29. The second-order valence-electron chi connectivity index (χ2n) is 4.01. The molecule has 16 heavy (non-hydrogen) atoms.